The monoisotopic (exact) mass is 413 g/mol. The summed E-state index contributed by atoms with van der Waals surface area (Å²) >= 11 is 1.48. The van der Waals surface area contributed by atoms with Gasteiger partial charge in [-0.15, -0.1) is 0 Å². The van der Waals surface area contributed by atoms with Crippen molar-refractivity contribution < 1.29 is 9.53 Å². The Labute approximate surface area is 172 Å². The lowest BCUT2D eigenvalue weighted by atomic mass is 10.2. The van der Waals surface area contributed by atoms with Gasteiger partial charge in [-0.1, -0.05) is 30.8 Å². The molecule has 1 amide bonds. The maximum absolute atomic E-state index is 12.6. The molecule has 152 valence electrons. The molecule has 0 bridgehead atoms. The van der Waals surface area contributed by atoms with Crippen LogP contribution in [0.4, 0.5) is 0 Å². The number of aromatic nitrogens is 4. The lowest BCUT2D eigenvalue weighted by molar-refractivity contribution is -0.121. The molecule has 3 aromatic rings. The molecule has 1 aromatic carbocycles. The van der Waals surface area contributed by atoms with Crippen LogP contribution in [0, 0.1) is 0 Å². The molecule has 0 saturated heterocycles. The average molecular weight is 414 g/mol. The van der Waals surface area contributed by atoms with Crippen LogP contribution in [0.25, 0.3) is 11.0 Å². The third-order valence-electron chi connectivity index (χ3n) is 3.93. The molecular formula is C20H23N5O3S. The third-order valence-corrected chi connectivity index (χ3v) is 4.67. The highest BCUT2D eigenvalue weighted by Gasteiger charge is 2.10. The summed E-state index contributed by atoms with van der Waals surface area (Å²) in [6.45, 7) is 6.16. The summed E-state index contributed by atoms with van der Waals surface area (Å²) in [5.41, 5.74) is 0.933. The number of ether oxygens (including phenoxy) is 1. The Morgan fingerprint density at radius 2 is 2.00 bits per heavy atom. The second-order valence-electron chi connectivity index (χ2n) is 6.59. The third kappa shape index (κ3) is 5.54. The van der Waals surface area contributed by atoms with Crippen molar-refractivity contribution in [3.63, 3.8) is 0 Å². The van der Waals surface area contributed by atoms with E-state index in [0.29, 0.717) is 22.7 Å². The maximum Gasteiger partial charge on any atom is 0.264 e. The highest BCUT2D eigenvalue weighted by atomic mass is 32.2. The molecule has 8 nitrogen and oxygen atoms in total. The predicted molar refractivity (Wildman–Crippen MR) is 112 cm³/mol. The summed E-state index contributed by atoms with van der Waals surface area (Å²) in [4.78, 5) is 37.5. The summed E-state index contributed by atoms with van der Waals surface area (Å²) in [6.07, 6.45) is 2.91. The largest absolute Gasteiger partial charge is 0.491 e. The number of carbonyl (C=O) groups excluding carboxylic acids is 1. The molecule has 0 saturated carbocycles. The van der Waals surface area contributed by atoms with Crippen LogP contribution in [0.15, 0.2) is 46.7 Å². The normalized spacial score (nSPS) is 11.0. The first kappa shape index (κ1) is 20.8. The first-order valence-corrected chi connectivity index (χ1v) is 10.3. The molecule has 0 radical (unpaired) electrons. The quantitative estimate of drug-likeness (QED) is 0.447. The van der Waals surface area contributed by atoms with Crippen molar-refractivity contribution in [2.45, 2.75) is 45.1 Å². The van der Waals surface area contributed by atoms with E-state index in [1.807, 2.05) is 45.0 Å². The first-order valence-electron chi connectivity index (χ1n) is 9.33. The van der Waals surface area contributed by atoms with Crippen LogP contribution in [0.1, 0.15) is 26.3 Å². The number of nitrogens with one attached hydrogen (secondary N) is 1. The van der Waals surface area contributed by atoms with Gasteiger partial charge in [-0.05, 0) is 37.3 Å². The maximum atomic E-state index is 12.6. The fourth-order valence-corrected chi connectivity index (χ4v) is 3.16. The minimum atomic E-state index is -0.339. The summed E-state index contributed by atoms with van der Waals surface area (Å²) in [5, 5.41) is 3.68. The van der Waals surface area contributed by atoms with E-state index >= 15 is 0 Å². The number of rotatable bonds is 8. The molecule has 2 heterocycles. The lowest BCUT2D eigenvalue weighted by Gasteiger charge is -2.11. The van der Waals surface area contributed by atoms with Crippen molar-refractivity contribution in [3.8, 4) is 5.75 Å². The molecule has 1 N–H and O–H groups in total. The minimum absolute atomic E-state index is 0.108. The Morgan fingerprint density at radius 3 is 2.69 bits per heavy atom. The molecular weight excluding hydrogens is 390 g/mol. The zero-order valence-corrected chi connectivity index (χ0v) is 17.4. The Kier molecular flexibility index (Phi) is 6.82. The molecule has 0 aliphatic heterocycles. The predicted octanol–water partition coefficient (Wildman–Crippen LogP) is 2.40. The summed E-state index contributed by atoms with van der Waals surface area (Å²) in [6, 6.07) is 7.52. The molecule has 0 unspecified atom stereocenters. The van der Waals surface area contributed by atoms with Crippen molar-refractivity contribution >= 4 is 28.7 Å². The van der Waals surface area contributed by atoms with Gasteiger partial charge in [0.15, 0.2) is 10.8 Å². The van der Waals surface area contributed by atoms with Crippen molar-refractivity contribution in [2.24, 2.45) is 0 Å². The number of amides is 1. The van der Waals surface area contributed by atoms with E-state index in [4.69, 9.17) is 4.74 Å². The lowest BCUT2D eigenvalue weighted by Crippen LogP contribution is -2.32. The number of nitrogens with zero attached hydrogens (tertiary/aromatic N) is 4. The van der Waals surface area contributed by atoms with Crippen molar-refractivity contribution in [2.75, 3.05) is 5.75 Å². The molecule has 0 fully saturated rings. The Balaban J connectivity index is 1.63. The van der Waals surface area contributed by atoms with E-state index in [9.17, 15) is 9.59 Å². The average Bonchev–Trinajstić information content (AvgIpc) is 2.69. The number of hydrogen-bond acceptors (Lipinski definition) is 7. The second-order valence-corrected chi connectivity index (χ2v) is 7.82. The summed E-state index contributed by atoms with van der Waals surface area (Å²) in [5.74, 6) is 1.33. The van der Waals surface area contributed by atoms with Crippen LogP contribution in [0.2, 0.25) is 0 Å². The molecule has 3 rings (SSSR count). The van der Waals surface area contributed by atoms with Gasteiger partial charge >= 0.3 is 0 Å². The fraction of sp³-hybridized carbons (Fsp3) is 0.350. The van der Waals surface area contributed by atoms with Crippen LogP contribution in [-0.2, 0) is 17.9 Å². The summed E-state index contributed by atoms with van der Waals surface area (Å²) in [7, 11) is 0. The number of fused-ring (bicyclic) bond motifs is 1. The van der Waals surface area contributed by atoms with Gasteiger partial charge in [-0.3, -0.25) is 14.2 Å². The van der Waals surface area contributed by atoms with Crippen LogP contribution >= 0.6 is 11.8 Å². The van der Waals surface area contributed by atoms with Crippen molar-refractivity contribution in [3.05, 3.63) is 52.7 Å². The minimum Gasteiger partial charge on any atom is -0.491 e. The second kappa shape index (κ2) is 9.51. The van der Waals surface area contributed by atoms with Crippen molar-refractivity contribution in [1.82, 2.24) is 24.8 Å². The van der Waals surface area contributed by atoms with Crippen LogP contribution < -0.4 is 15.6 Å². The number of benzene rings is 1. The van der Waals surface area contributed by atoms with Gasteiger partial charge in [0.2, 0.25) is 5.91 Å². The number of thioether (sulfide) groups is 1. The Hall–Kier alpha value is -2.94. The Morgan fingerprint density at radius 1 is 1.24 bits per heavy atom. The number of carbonyl (C=O) groups is 1. The van der Waals surface area contributed by atoms with Gasteiger partial charge in [0.1, 0.15) is 24.0 Å². The van der Waals surface area contributed by atoms with E-state index in [2.05, 4.69) is 20.3 Å². The first-order chi connectivity index (χ1) is 14.0. The standard InChI is InChI=1S/C20H23N5O3S/c1-4-29-20-22-10-16-18(24-20)23-12-25(19(16)27)11-17(26)21-9-14-5-7-15(8-6-14)28-13(2)3/h5-8,10,12-13H,4,9,11H2,1-3H3,(H,21,26). The smallest absolute Gasteiger partial charge is 0.264 e. The molecule has 29 heavy (non-hydrogen) atoms. The van der Waals surface area contributed by atoms with Gasteiger partial charge in [0, 0.05) is 12.7 Å². The number of hydrogen-bond donors (Lipinski definition) is 1. The van der Waals surface area contributed by atoms with Gasteiger partial charge < -0.3 is 10.1 Å². The van der Waals surface area contributed by atoms with Crippen LogP contribution in [0.3, 0.4) is 0 Å². The SMILES string of the molecule is CCSc1ncc2c(=O)n(CC(=O)NCc3ccc(OC(C)C)cc3)cnc2n1. The molecule has 0 aliphatic carbocycles. The molecule has 9 heteroatoms. The van der Waals surface area contributed by atoms with E-state index in [0.717, 1.165) is 17.1 Å². The molecule has 2 aromatic heterocycles. The van der Waals surface area contributed by atoms with Gasteiger partial charge in [0.25, 0.3) is 5.56 Å². The van der Waals surface area contributed by atoms with E-state index < -0.39 is 0 Å². The van der Waals surface area contributed by atoms with Crippen molar-refractivity contribution in [1.29, 1.82) is 0 Å². The summed E-state index contributed by atoms with van der Waals surface area (Å²) < 4.78 is 6.86. The molecule has 0 atom stereocenters. The zero-order valence-electron chi connectivity index (χ0n) is 16.6. The molecule has 0 spiro atoms. The highest BCUT2D eigenvalue weighted by molar-refractivity contribution is 7.99. The van der Waals surface area contributed by atoms with Crippen LogP contribution in [-0.4, -0.2) is 37.3 Å². The van der Waals surface area contributed by atoms with Crippen LogP contribution in [0.5, 0.6) is 5.75 Å². The van der Waals surface area contributed by atoms with Gasteiger partial charge in [-0.25, -0.2) is 15.0 Å². The van der Waals surface area contributed by atoms with Gasteiger partial charge in [-0.2, -0.15) is 0 Å². The van der Waals surface area contributed by atoms with E-state index in [1.54, 1.807) is 0 Å². The van der Waals surface area contributed by atoms with E-state index in [-0.39, 0.29) is 24.1 Å². The fourth-order valence-electron chi connectivity index (χ4n) is 2.62. The van der Waals surface area contributed by atoms with E-state index in [1.165, 1.54) is 28.9 Å². The highest BCUT2D eigenvalue weighted by Crippen LogP contribution is 2.14. The topological polar surface area (TPSA) is 99.0 Å². The Bertz CT molecular complexity index is 1050. The molecule has 0 aliphatic rings. The zero-order chi connectivity index (χ0) is 20.8. The van der Waals surface area contributed by atoms with Gasteiger partial charge in [0.05, 0.1) is 6.10 Å².